The second-order valence-corrected chi connectivity index (χ2v) is 7.45. The summed E-state index contributed by atoms with van der Waals surface area (Å²) in [4.78, 5) is 13.2. The minimum atomic E-state index is -3.48. The molecule has 2 rings (SSSR count). The zero-order chi connectivity index (χ0) is 15.6. The van der Waals surface area contributed by atoms with Crippen LogP contribution in [-0.2, 0) is 14.9 Å². The molecular formula is C12H24N4O4S. The van der Waals surface area contributed by atoms with Gasteiger partial charge in [0.2, 0.25) is 0 Å². The standard InChI is InChI=1S/C12H24N4O4S/c1-10-8-16(9-11(2)20-10)21(18,19)15-6-4-14(5-7-15)12(17)13-3/h10-11H,4-9H2,1-3H3,(H,13,17)/t10-,11-/m1/s1. The maximum atomic E-state index is 12.7. The van der Waals surface area contributed by atoms with Crippen molar-refractivity contribution in [3.63, 3.8) is 0 Å². The van der Waals surface area contributed by atoms with Gasteiger partial charge in [-0.1, -0.05) is 0 Å². The molecule has 2 amide bonds. The molecule has 2 atom stereocenters. The van der Waals surface area contributed by atoms with E-state index < -0.39 is 10.2 Å². The van der Waals surface area contributed by atoms with E-state index in [0.717, 1.165) is 0 Å². The highest BCUT2D eigenvalue weighted by molar-refractivity contribution is 7.86. The quantitative estimate of drug-likeness (QED) is 0.729. The van der Waals surface area contributed by atoms with Crippen molar-refractivity contribution in [2.45, 2.75) is 26.1 Å². The Morgan fingerprint density at radius 3 is 2.05 bits per heavy atom. The average molecular weight is 320 g/mol. The first-order valence-corrected chi connectivity index (χ1v) is 8.61. The molecule has 21 heavy (non-hydrogen) atoms. The summed E-state index contributed by atoms with van der Waals surface area (Å²) in [7, 11) is -1.91. The highest BCUT2D eigenvalue weighted by atomic mass is 32.2. The number of carbonyl (C=O) groups excluding carboxylic acids is 1. The van der Waals surface area contributed by atoms with Crippen LogP contribution in [0.15, 0.2) is 0 Å². The average Bonchev–Trinajstić information content (AvgIpc) is 2.45. The molecule has 122 valence electrons. The molecule has 1 N–H and O–H groups in total. The minimum absolute atomic E-state index is 0.101. The van der Waals surface area contributed by atoms with Crippen molar-refractivity contribution in [1.82, 2.24) is 18.8 Å². The number of hydrogen-bond acceptors (Lipinski definition) is 4. The van der Waals surface area contributed by atoms with Gasteiger partial charge in [-0.25, -0.2) is 4.79 Å². The van der Waals surface area contributed by atoms with Crippen LogP contribution >= 0.6 is 0 Å². The van der Waals surface area contributed by atoms with Gasteiger partial charge < -0.3 is 15.0 Å². The second kappa shape index (κ2) is 6.47. The third kappa shape index (κ3) is 3.65. The van der Waals surface area contributed by atoms with Gasteiger partial charge >= 0.3 is 6.03 Å². The molecule has 2 aliphatic rings. The molecule has 0 aromatic carbocycles. The summed E-state index contributed by atoms with van der Waals surface area (Å²) in [5.41, 5.74) is 0. The molecule has 9 heteroatoms. The van der Waals surface area contributed by atoms with Crippen molar-refractivity contribution < 1.29 is 17.9 Å². The summed E-state index contributed by atoms with van der Waals surface area (Å²) in [5, 5.41) is 2.56. The Bertz CT molecular complexity index is 466. The highest BCUT2D eigenvalue weighted by Gasteiger charge is 2.37. The van der Waals surface area contributed by atoms with E-state index in [1.54, 1.807) is 11.9 Å². The largest absolute Gasteiger partial charge is 0.373 e. The number of carbonyl (C=O) groups is 1. The van der Waals surface area contributed by atoms with Crippen molar-refractivity contribution in [2.24, 2.45) is 0 Å². The second-order valence-electron chi connectivity index (χ2n) is 5.52. The van der Waals surface area contributed by atoms with E-state index in [0.29, 0.717) is 39.3 Å². The van der Waals surface area contributed by atoms with E-state index >= 15 is 0 Å². The number of rotatable bonds is 2. The van der Waals surface area contributed by atoms with Gasteiger partial charge in [0, 0.05) is 46.3 Å². The van der Waals surface area contributed by atoms with Crippen LogP contribution in [-0.4, -0.2) is 86.5 Å². The number of nitrogens with zero attached hydrogens (tertiary/aromatic N) is 3. The molecule has 8 nitrogen and oxygen atoms in total. The number of morpholine rings is 1. The number of nitrogens with one attached hydrogen (secondary N) is 1. The van der Waals surface area contributed by atoms with E-state index in [1.165, 1.54) is 8.61 Å². The molecule has 2 fully saturated rings. The van der Waals surface area contributed by atoms with Crippen LogP contribution in [0.25, 0.3) is 0 Å². The normalized spacial score (nSPS) is 29.4. The van der Waals surface area contributed by atoms with Gasteiger partial charge in [-0.2, -0.15) is 17.0 Å². The first-order chi connectivity index (χ1) is 9.84. The van der Waals surface area contributed by atoms with Crippen LogP contribution in [0.2, 0.25) is 0 Å². The van der Waals surface area contributed by atoms with Crippen LogP contribution in [0.4, 0.5) is 4.79 Å². The summed E-state index contributed by atoms with van der Waals surface area (Å²) < 4.78 is 33.8. The predicted octanol–water partition coefficient (Wildman–Crippen LogP) is -0.703. The summed E-state index contributed by atoms with van der Waals surface area (Å²) in [6.07, 6.45) is -0.202. The van der Waals surface area contributed by atoms with E-state index in [-0.39, 0.29) is 18.2 Å². The van der Waals surface area contributed by atoms with Crippen LogP contribution in [0.5, 0.6) is 0 Å². The monoisotopic (exact) mass is 320 g/mol. The maximum Gasteiger partial charge on any atom is 0.317 e. The fourth-order valence-corrected chi connectivity index (χ4v) is 4.51. The lowest BCUT2D eigenvalue weighted by atomic mass is 10.3. The topological polar surface area (TPSA) is 82.2 Å². The van der Waals surface area contributed by atoms with Crippen molar-refractivity contribution >= 4 is 16.2 Å². The van der Waals surface area contributed by atoms with Crippen LogP contribution in [0, 0.1) is 0 Å². The number of hydrogen-bond donors (Lipinski definition) is 1. The maximum absolute atomic E-state index is 12.7. The van der Waals surface area contributed by atoms with Gasteiger partial charge in [0.25, 0.3) is 10.2 Å². The molecule has 2 aliphatic heterocycles. The third-order valence-corrected chi connectivity index (χ3v) is 5.75. The predicted molar refractivity (Wildman–Crippen MR) is 78.1 cm³/mol. The van der Waals surface area contributed by atoms with Crippen LogP contribution in [0.3, 0.4) is 0 Å². The van der Waals surface area contributed by atoms with Crippen molar-refractivity contribution in [2.75, 3.05) is 46.3 Å². The lowest BCUT2D eigenvalue weighted by molar-refractivity contribution is -0.0456. The molecule has 0 aromatic heterocycles. The lowest BCUT2D eigenvalue weighted by Crippen LogP contribution is -2.58. The lowest BCUT2D eigenvalue weighted by Gasteiger charge is -2.40. The first-order valence-electron chi connectivity index (χ1n) is 7.22. The summed E-state index contributed by atoms with van der Waals surface area (Å²) >= 11 is 0. The summed E-state index contributed by atoms with van der Waals surface area (Å²) in [5.74, 6) is 0. The molecule has 2 saturated heterocycles. The van der Waals surface area contributed by atoms with Gasteiger partial charge in [0.15, 0.2) is 0 Å². The van der Waals surface area contributed by atoms with Crippen LogP contribution < -0.4 is 5.32 Å². The zero-order valence-corrected chi connectivity index (χ0v) is 13.6. The molecule has 2 heterocycles. The third-order valence-electron chi connectivity index (χ3n) is 3.78. The van der Waals surface area contributed by atoms with Gasteiger partial charge in [-0.3, -0.25) is 0 Å². The number of ether oxygens (including phenoxy) is 1. The Morgan fingerprint density at radius 2 is 1.57 bits per heavy atom. The fraction of sp³-hybridized carbons (Fsp3) is 0.917. The van der Waals surface area contributed by atoms with Crippen LogP contribution in [0.1, 0.15) is 13.8 Å². The molecule has 0 saturated carbocycles. The molecule has 0 radical (unpaired) electrons. The Labute approximate surface area is 126 Å². The Kier molecular flexibility index (Phi) is 5.07. The Hall–Kier alpha value is -0.900. The van der Waals surface area contributed by atoms with Crippen molar-refractivity contribution in [1.29, 1.82) is 0 Å². The molecule has 0 aromatic rings. The van der Waals surface area contributed by atoms with Crippen molar-refractivity contribution in [3.05, 3.63) is 0 Å². The van der Waals surface area contributed by atoms with Gasteiger partial charge in [-0.05, 0) is 13.8 Å². The van der Waals surface area contributed by atoms with E-state index in [1.807, 2.05) is 13.8 Å². The molecular weight excluding hydrogens is 296 g/mol. The molecule has 0 bridgehead atoms. The minimum Gasteiger partial charge on any atom is -0.373 e. The molecule has 0 spiro atoms. The first kappa shape index (κ1) is 16.5. The summed E-state index contributed by atoms with van der Waals surface area (Å²) in [6, 6.07) is -0.166. The van der Waals surface area contributed by atoms with E-state index in [4.69, 9.17) is 4.74 Å². The number of piperazine rings is 1. The van der Waals surface area contributed by atoms with Gasteiger partial charge in [0.1, 0.15) is 0 Å². The Morgan fingerprint density at radius 1 is 1.05 bits per heavy atom. The van der Waals surface area contributed by atoms with Gasteiger partial charge in [0.05, 0.1) is 12.2 Å². The number of amides is 2. The van der Waals surface area contributed by atoms with E-state index in [9.17, 15) is 13.2 Å². The molecule has 0 unspecified atom stereocenters. The van der Waals surface area contributed by atoms with Gasteiger partial charge in [-0.15, -0.1) is 0 Å². The Balaban J connectivity index is 1.99. The fourth-order valence-electron chi connectivity index (χ4n) is 2.76. The van der Waals surface area contributed by atoms with E-state index in [2.05, 4.69) is 5.32 Å². The smallest absolute Gasteiger partial charge is 0.317 e. The number of urea groups is 1. The van der Waals surface area contributed by atoms with Crippen molar-refractivity contribution in [3.8, 4) is 0 Å². The highest BCUT2D eigenvalue weighted by Crippen LogP contribution is 2.18. The summed E-state index contributed by atoms with van der Waals surface area (Å²) in [6.45, 7) is 5.99. The molecule has 0 aliphatic carbocycles. The zero-order valence-electron chi connectivity index (χ0n) is 12.8. The SMILES string of the molecule is CNC(=O)N1CCN(S(=O)(=O)N2C[C@@H](C)O[C@H](C)C2)CC1.